The zero-order valence-corrected chi connectivity index (χ0v) is 5.88. The predicted octanol–water partition coefficient (Wildman–Crippen LogP) is -0.127. The number of hydrogen-bond acceptors (Lipinski definition) is 3. The minimum absolute atomic E-state index is 0.988. The van der Waals surface area contributed by atoms with Crippen LogP contribution in [0.1, 0.15) is 0 Å². The van der Waals surface area contributed by atoms with Gasteiger partial charge < -0.3 is 5.32 Å². The van der Waals surface area contributed by atoms with Gasteiger partial charge in [0.2, 0.25) is 0 Å². The van der Waals surface area contributed by atoms with Crippen LogP contribution < -0.4 is 5.32 Å². The van der Waals surface area contributed by atoms with Crippen LogP contribution in [0.3, 0.4) is 0 Å². The van der Waals surface area contributed by atoms with Gasteiger partial charge in [-0.2, -0.15) is 8.42 Å². The summed E-state index contributed by atoms with van der Waals surface area (Å²) in [6.45, 7) is 0. The molecule has 1 atom stereocenters. The summed E-state index contributed by atoms with van der Waals surface area (Å²) in [5.74, 6) is 0. The molecule has 1 rings (SSSR count). The Morgan fingerprint density at radius 1 is 1.40 bits per heavy atom. The molecule has 1 aliphatic heterocycles. The first-order valence-corrected chi connectivity index (χ1v) is 4.17. The maximum absolute atomic E-state index is 10.4. The highest BCUT2D eigenvalue weighted by atomic mass is 32.2. The van der Waals surface area contributed by atoms with Gasteiger partial charge in [-0.1, -0.05) is 6.08 Å². The average Bonchev–Trinajstić information content (AvgIpc) is 1.88. The van der Waals surface area contributed by atoms with E-state index in [0.717, 1.165) is 0 Å². The number of allylic oxidation sites excluding steroid dienone is 2. The summed E-state index contributed by atoms with van der Waals surface area (Å²) in [4.78, 5) is 0. The fourth-order valence-corrected chi connectivity index (χ4v) is 1.15. The first-order valence-electron chi connectivity index (χ1n) is 2.66. The zero-order valence-electron chi connectivity index (χ0n) is 5.06. The van der Waals surface area contributed by atoms with Crippen LogP contribution in [0.5, 0.6) is 0 Å². The van der Waals surface area contributed by atoms with E-state index in [1.807, 2.05) is 0 Å². The van der Waals surface area contributed by atoms with Crippen molar-refractivity contribution in [3.8, 4) is 0 Å². The molecule has 56 valence electrons. The van der Waals surface area contributed by atoms with Crippen LogP contribution in [-0.2, 0) is 10.1 Å². The maximum Gasteiger partial charge on any atom is 0.289 e. The Balaban J connectivity index is 2.79. The molecule has 0 amide bonds. The molecule has 0 fully saturated rings. The van der Waals surface area contributed by atoms with E-state index in [-0.39, 0.29) is 0 Å². The van der Waals surface area contributed by atoms with Gasteiger partial charge in [0.1, 0.15) is 0 Å². The monoisotopic (exact) mass is 161 g/mol. The van der Waals surface area contributed by atoms with E-state index in [1.165, 1.54) is 12.3 Å². The van der Waals surface area contributed by atoms with Crippen molar-refractivity contribution in [3.05, 3.63) is 24.4 Å². The highest BCUT2D eigenvalue weighted by Gasteiger charge is 2.18. The second-order valence-electron chi connectivity index (χ2n) is 1.85. The Kier molecular flexibility index (Phi) is 1.78. The van der Waals surface area contributed by atoms with Crippen molar-refractivity contribution < 1.29 is 13.0 Å². The molecule has 4 nitrogen and oxygen atoms in total. The van der Waals surface area contributed by atoms with Crippen LogP contribution in [0.4, 0.5) is 0 Å². The summed E-state index contributed by atoms with van der Waals surface area (Å²) < 4.78 is 29.3. The Morgan fingerprint density at radius 2 is 2.10 bits per heavy atom. The minimum Gasteiger partial charge on any atom is -0.370 e. The van der Waals surface area contributed by atoms with E-state index >= 15 is 0 Å². The first-order chi connectivity index (χ1) is 4.61. The minimum atomic E-state index is -3.98. The Hall–Kier alpha value is -0.810. The van der Waals surface area contributed by atoms with Gasteiger partial charge in [-0.05, 0) is 18.4 Å². The standard InChI is InChI=1S/C5H7NO3S/c7-10(8,9)5-3-1-2-4-6-5/h1-6H,(H,7,8,9). The van der Waals surface area contributed by atoms with E-state index in [4.69, 9.17) is 4.55 Å². The van der Waals surface area contributed by atoms with Crippen molar-refractivity contribution >= 4 is 10.1 Å². The summed E-state index contributed by atoms with van der Waals surface area (Å²) in [6.07, 6.45) is 6.00. The highest BCUT2D eigenvalue weighted by molar-refractivity contribution is 7.86. The molecule has 0 aromatic heterocycles. The van der Waals surface area contributed by atoms with Crippen LogP contribution in [0, 0.1) is 0 Å². The molecule has 2 N–H and O–H groups in total. The fourth-order valence-electron chi connectivity index (χ4n) is 0.612. The molecule has 0 aromatic rings. The van der Waals surface area contributed by atoms with Gasteiger partial charge in [-0.3, -0.25) is 4.55 Å². The number of dihydropyridines is 1. The van der Waals surface area contributed by atoms with Crippen molar-refractivity contribution in [2.75, 3.05) is 0 Å². The van der Waals surface area contributed by atoms with Crippen molar-refractivity contribution in [2.45, 2.75) is 5.37 Å². The maximum atomic E-state index is 10.4. The summed E-state index contributed by atoms with van der Waals surface area (Å²) in [5, 5.41) is 1.47. The van der Waals surface area contributed by atoms with Gasteiger partial charge in [-0.15, -0.1) is 0 Å². The molecule has 0 saturated carbocycles. The molecule has 1 heterocycles. The van der Waals surface area contributed by atoms with Crippen molar-refractivity contribution in [2.24, 2.45) is 0 Å². The molecule has 1 aliphatic rings. The lowest BCUT2D eigenvalue weighted by molar-refractivity contribution is 0.470. The predicted molar refractivity (Wildman–Crippen MR) is 36.8 cm³/mol. The van der Waals surface area contributed by atoms with Crippen molar-refractivity contribution in [1.82, 2.24) is 5.32 Å². The first kappa shape index (κ1) is 7.30. The summed E-state index contributed by atoms with van der Waals surface area (Å²) in [6, 6.07) is 0. The lowest BCUT2D eigenvalue weighted by Crippen LogP contribution is -2.31. The molecule has 0 saturated heterocycles. The molecule has 0 aromatic carbocycles. The normalized spacial score (nSPS) is 24.3. The molecule has 0 spiro atoms. The van der Waals surface area contributed by atoms with Crippen molar-refractivity contribution in [3.63, 3.8) is 0 Å². The topological polar surface area (TPSA) is 66.4 Å². The fraction of sp³-hybridized carbons (Fsp3) is 0.200. The Labute approximate surface area is 59.0 Å². The Morgan fingerprint density at radius 3 is 2.40 bits per heavy atom. The van der Waals surface area contributed by atoms with E-state index in [2.05, 4.69) is 5.32 Å². The van der Waals surface area contributed by atoms with Crippen LogP contribution in [0.2, 0.25) is 0 Å². The van der Waals surface area contributed by atoms with E-state index in [1.54, 1.807) is 12.2 Å². The second kappa shape index (κ2) is 2.43. The quantitative estimate of drug-likeness (QED) is 0.526. The number of rotatable bonds is 1. The summed E-state index contributed by atoms with van der Waals surface area (Å²) in [7, 11) is -3.98. The SMILES string of the molecule is O=S(=O)(O)C1C=CC=CN1. The third-order valence-corrected chi connectivity index (χ3v) is 2.01. The summed E-state index contributed by atoms with van der Waals surface area (Å²) in [5.41, 5.74) is 0. The Bertz CT molecular complexity index is 265. The van der Waals surface area contributed by atoms with Crippen LogP contribution in [0.15, 0.2) is 24.4 Å². The van der Waals surface area contributed by atoms with E-state index in [9.17, 15) is 8.42 Å². The molecular weight excluding hydrogens is 154 g/mol. The average molecular weight is 161 g/mol. The summed E-state index contributed by atoms with van der Waals surface area (Å²) >= 11 is 0. The molecule has 1 unspecified atom stereocenters. The molecule has 0 aliphatic carbocycles. The lowest BCUT2D eigenvalue weighted by atomic mass is 10.4. The van der Waals surface area contributed by atoms with Crippen LogP contribution in [0.25, 0.3) is 0 Å². The van der Waals surface area contributed by atoms with E-state index in [0.29, 0.717) is 0 Å². The van der Waals surface area contributed by atoms with Crippen LogP contribution >= 0.6 is 0 Å². The zero-order chi connectivity index (χ0) is 7.61. The third-order valence-electron chi connectivity index (χ3n) is 1.07. The van der Waals surface area contributed by atoms with Gasteiger partial charge >= 0.3 is 0 Å². The number of nitrogens with one attached hydrogen (secondary N) is 1. The largest absolute Gasteiger partial charge is 0.370 e. The van der Waals surface area contributed by atoms with Gasteiger partial charge in [0.15, 0.2) is 5.37 Å². The van der Waals surface area contributed by atoms with Gasteiger partial charge in [-0.25, -0.2) is 0 Å². The molecule has 0 bridgehead atoms. The number of hydrogen-bond donors (Lipinski definition) is 2. The lowest BCUT2D eigenvalue weighted by Gasteiger charge is -2.10. The highest BCUT2D eigenvalue weighted by Crippen LogP contribution is 2.00. The third kappa shape index (κ3) is 1.58. The molecule has 5 heteroatoms. The van der Waals surface area contributed by atoms with Crippen molar-refractivity contribution in [1.29, 1.82) is 0 Å². The molecular formula is C5H7NO3S. The van der Waals surface area contributed by atoms with Gasteiger partial charge in [0.25, 0.3) is 10.1 Å². The molecule has 10 heavy (non-hydrogen) atoms. The van der Waals surface area contributed by atoms with Crippen LogP contribution in [-0.4, -0.2) is 18.3 Å². The van der Waals surface area contributed by atoms with Gasteiger partial charge in [0.05, 0.1) is 0 Å². The second-order valence-corrected chi connectivity index (χ2v) is 3.38. The smallest absolute Gasteiger partial charge is 0.289 e. The van der Waals surface area contributed by atoms with E-state index < -0.39 is 15.5 Å². The van der Waals surface area contributed by atoms with Gasteiger partial charge in [0, 0.05) is 0 Å². The molecule has 0 radical (unpaired) electrons.